The minimum absolute atomic E-state index is 0.312. The molecule has 1 aliphatic heterocycles. The molecule has 4 heteroatoms. The van der Waals surface area contributed by atoms with Crippen LogP contribution in [0.2, 0.25) is 0 Å². The van der Waals surface area contributed by atoms with E-state index in [1.54, 1.807) is 0 Å². The van der Waals surface area contributed by atoms with E-state index in [0.29, 0.717) is 30.5 Å². The molecule has 2 N–H and O–H groups in total. The maximum Gasteiger partial charge on any atom is 0.303 e. The molecule has 0 spiro atoms. The van der Waals surface area contributed by atoms with Crippen molar-refractivity contribution < 1.29 is 9.90 Å². The van der Waals surface area contributed by atoms with Crippen LogP contribution in [0.1, 0.15) is 65.2 Å². The summed E-state index contributed by atoms with van der Waals surface area (Å²) in [6, 6.07) is 1.78. The van der Waals surface area contributed by atoms with Crippen LogP contribution in [0, 0.1) is 5.92 Å². The Morgan fingerprint density at radius 3 is 2.52 bits per heavy atom. The van der Waals surface area contributed by atoms with Crippen molar-refractivity contribution in [2.45, 2.75) is 83.3 Å². The zero-order chi connectivity index (χ0) is 15.2. The Morgan fingerprint density at radius 2 is 1.90 bits per heavy atom. The van der Waals surface area contributed by atoms with Crippen LogP contribution < -0.4 is 5.32 Å². The summed E-state index contributed by atoms with van der Waals surface area (Å²) in [7, 11) is 0. The highest BCUT2D eigenvalue weighted by Gasteiger charge is 2.30. The first-order valence-corrected chi connectivity index (χ1v) is 8.76. The second-order valence-electron chi connectivity index (χ2n) is 7.28. The van der Waals surface area contributed by atoms with Crippen molar-refractivity contribution in [3.8, 4) is 0 Å². The first-order valence-electron chi connectivity index (χ1n) is 8.76. The number of carboxylic acids is 1. The molecule has 1 saturated heterocycles. The van der Waals surface area contributed by atoms with E-state index in [0.717, 1.165) is 25.9 Å². The van der Waals surface area contributed by atoms with Gasteiger partial charge in [-0.15, -0.1) is 0 Å². The number of nitrogens with zero attached hydrogens (tertiary/aromatic N) is 1. The molecule has 2 rings (SSSR count). The summed E-state index contributed by atoms with van der Waals surface area (Å²) in [6.45, 7) is 6.68. The number of piperidine rings is 1. The van der Waals surface area contributed by atoms with Crippen LogP contribution in [0.25, 0.3) is 0 Å². The van der Waals surface area contributed by atoms with Gasteiger partial charge in [0, 0.05) is 37.6 Å². The van der Waals surface area contributed by atoms with Gasteiger partial charge in [0.05, 0.1) is 0 Å². The van der Waals surface area contributed by atoms with E-state index in [9.17, 15) is 4.79 Å². The number of hydrogen-bond donors (Lipinski definition) is 2. The Bertz CT molecular complexity index is 327. The Hall–Kier alpha value is -0.610. The third-order valence-electron chi connectivity index (χ3n) is 5.14. The van der Waals surface area contributed by atoms with Crippen molar-refractivity contribution in [2.75, 3.05) is 13.1 Å². The van der Waals surface area contributed by atoms with Gasteiger partial charge >= 0.3 is 5.97 Å². The number of carbonyl (C=O) groups is 1. The molecule has 2 unspecified atom stereocenters. The molecule has 122 valence electrons. The number of nitrogens with one attached hydrogen (secondary N) is 1. The standard InChI is InChI=1S/C17H32N2O2/c1-13(2)19-11-14(8-9-17(20)21)10-16(12-19)18-15-6-4-3-5-7-15/h13-16,18H,3-12H2,1-2H3,(H,20,21). The molecule has 21 heavy (non-hydrogen) atoms. The lowest BCUT2D eigenvalue weighted by Gasteiger charge is -2.42. The first-order chi connectivity index (χ1) is 10.0. The van der Waals surface area contributed by atoms with Crippen molar-refractivity contribution in [3.05, 3.63) is 0 Å². The van der Waals surface area contributed by atoms with Gasteiger partial charge in [0.25, 0.3) is 0 Å². The Labute approximate surface area is 129 Å². The minimum Gasteiger partial charge on any atom is -0.481 e. The largest absolute Gasteiger partial charge is 0.481 e. The van der Waals surface area contributed by atoms with Gasteiger partial charge in [0.15, 0.2) is 0 Å². The van der Waals surface area contributed by atoms with Crippen LogP contribution in [0.15, 0.2) is 0 Å². The van der Waals surface area contributed by atoms with Gasteiger partial charge in [-0.3, -0.25) is 9.69 Å². The van der Waals surface area contributed by atoms with Gasteiger partial charge in [-0.25, -0.2) is 0 Å². The average molecular weight is 296 g/mol. The predicted molar refractivity (Wildman–Crippen MR) is 85.5 cm³/mol. The fourth-order valence-electron chi connectivity index (χ4n) is 3.92. The molecule has 0 aromatic rings. The molecular weight excluding hydrogens is 264 g/mol. The number of carboxylic acid groups (broad SMARTS) is 1. The van der Waals surface area contributed by atoms with Gasteiger partial charge in [-0.2, -0.15) is 0 Å². The second kappa shape index (κ2) is 8.14. The molecule has 1 heterocycles. The smallest absolute Gasteiger partial charge is 0.303 e. The normalized spacial score (nSPS) is 28.9. The fraction of sp³-hybridized carbons (Fsp3) is 0.941. The zero-order valence-corrected chi connectivity index (χ0v) is 13.7. The number of rotatable bonds is 6. The third kappa shape index (κ3) is 5.59. The highest BCUT2D eigenvalue weighted by atomic mass is 16.4. The van der Waals surface area contributed by atoms with Crippen LogP contribution in [0.4, 0.5) is 0 Å². The quantitative estimate of drug-likeness (QED) is 0.791. The van der Waals surface area contributed by atoms with E-state index >= 15 is 0 Å². The number of hydrogen-bond acceptors (Lipinski definition) is 3. The number of aliphatic carboxylic acids is 1. The lowest BCUT2D eigenvalue weighted by molar-refractivity contribution is -0.137. The maximum absolute atomic E-state index is 10.8. The summed E-state index contributed by atoms with van der Waals surface area (Å²) in [5, 5.41) is 12.8. The Morgan fingerprint density at radius 1 is 1.19 bits per heavy atom. The summed E-state index contributed by atoms with van der Waals surface area (Å²) < 4.78 is 0. The monoisotopic (exact) mass is 296 g/mol. The number of likely N-dealkylation sites (tertiary alicyclic amines) is 1. The molecule has 2 fully saturated rings. The van der Waals surface area contributed by atoms with Crippen molar-refractivity contribution in [1.29, 1.82) is 0 Å². The van der Waals surface area contributed by atoms with Crippen LogP contribution in [-0.4, -0.2) is 47.2 Å². The van der Waals surface area contributed by atoms with Crippen LogP contribution in [0.3, 0.4) is 0 Å². The summed E-state index contributed by atoms with van der Waals surface area (Å²) >= 11 is 0. The molecule has 0 aromatic carbocycles. The lowest BCUT2D eigenvalue weighted by atomic mass is 9.88. The summed E-state index contributed by atoms with van der Waals surface area (Å²) in [5.41, 5.74) is 0. The minimum atomic E-state index is -0.659. The van der Waals surface area contributed by atoms with E-state index in [1.807, 2.05) is 0 Å². The maximum atomic E-state index is 10.8. The Balaban J connectivity index is 1.87. The molecule has 0 radical (unpaired) electrons. The van der Waals surface area contributed by atoms with Gasteiger partial charge < -0.3 is 10.4 Å². The SMILES string of the molecule is CC(C)N1CC(CCC(=O)O)CC(NC2CCCCC2)C1. The third-order valence-corrected chi connectivity index (χ3v) is 5.14. The van der Waals surface area contributed by atoms with Crippen molar-refractivity contribution in [3.63, 3.8) is 0 Å². The molecule has 0 amide bonds. The van der Waals surface area contributed by atoms with Crippen LogP contribution >= 0.6 is 0 Å². The Kier molecular flexibility index (Phi) is 6.49. The summed E-state index contributed by atoms with van der Waals surface area (Å²) in [6.07, 6.45) is 9.03. The molecule has 1 aliphatic carbocycles. The van der Waals surface area contributed by atoms with Crippen LogP contribution in [-0.2, 0) is 4.79 Å². The zero-order valence-electron chi connectivity index (χ0n) is 13.7. The fourth-order valence-corrected chi connectivity index (χ4v) is 3.92. The van der Waals surface area contributed by atoms with Gasteiger partial charge in [-0.1, -0.05) is 19.3 Å². The van der Waals surface area contributed by atoms with E-state index in [-0.39, 0.29) is 0 Å². The second-order valence-corrected chi connectivity index (χ2v) is 7.28. The van der Waals surface area contributed by atoms with Gasteiger partial charge in [0.1, 0.15) is 0 Å². The molecule has 0 bridgehead atoms. The summed E-state index contributed by atoms with van der Waals surface area (Å²) in [5.74, 6) is -0.133. The molecular formula is C17H32N2O2. The van der Waals surface area contributed by atoms with Gasteiger partial charge in [0.2, 0.25) is 0 Å². The topological polar surface area (TPSA) is 52.6 Å². The van der Waals surface area contributed by atoms with Crippen molar-refractivity contribution in [1.82, 2.24) is 10.2 Å². The first kappa shape index (κ1) is 16.8. The van der Waals surface area contributed by atoms with Crippen LogP contribution in [0.5, 0.6) is 0 Å². The van der Waals surface area contributed by atoms with Crippen molar-refractivity contribution >= 4 is 5.97 Å². The molecule has 4 nitrogen and oxygen atoms in total. The van der Waals surface area contributed by atoms with Gasteiger partial charge in [-0.05, 0) is 45.4 Å². The highest BCUT2D eigenvalue weighted by molar-refractivity contribution is 5.66. The van der Waals surface area contributed by atoms with E-state index in [4.69, 9.17) is 5.11 Å². The molecule has 2 aliphatic rings. The van der Waals surface area contributed by atoms with Crippen molar-refractivity contribution in [2.24, 2.45) is 5.92 Å². The summed E-state index contributed by atoms with van der Waals surface area (Å²) in [4.78, 5) is 13.4. The predicted octanol–water partition coefficient (Wildman–Crippen LogP) is 2.87. The lowest BCUT2D eigenvalue weighted by Crippen LogP contribution is -2.53. The van der Waals surface area contributed by atoms with E-state index < -0.39 is 5.97 Å². The average Bonchev–Trinajstić information content (AvgIpc) is 2.46. The van der Waals surface area contributed by atoms with E-state index in [1.165, 1.54) is 32.1 Å². The molecule has 0 aromatic heterocycles. The van der Waals surface area contributed by atoms with E-state index in [2.05, 4.69) is 24.1 Å². The molecule has 2 atom stereocenters. The molecule has 1 saturated carbocycles. The highest BCUT2D eigenvalue weighted by Crippen LogP contribution is 2.25.